The molecular formula is C20H25N3O3. The smallest absolute Gasteiger partial charge is 0.258 e. The van der Waals surface area contributed by atoms with Crippen molar-refractivity contribution in [2.75, 3.05) is 37.8 Å². The molecule has 1 N–H and O–H groups in total. The normalized spacial score (nSPS) is 14.2. The number of morpholine rings is 1. The van der Waals surface area contributed by atoms with Gasteiger partial charge in [-0.2, -0.15) is 0 Å². The van der Waals surface area contributed by atoms with E-state index in [1.807, 2.05) is 44.2 Å². The van der Waals surface area contributed by atoms with Crippen LogP contribution in [-0.2, 0) is 16.1 Å². The van der Waals surface area contributed by atoms with Crippen LogP contribution >= 0.6 is 0 Å². The molecule has 1 aromatic carbocycles. The molecule has 0 spiro atoms. The van der Waals surface area contributed by atoms with Gasteiger partial charge in [-0.25, -0.2) is 4.98 Å². The molecule has 0 bridgehead atoms. The van der Waals surface area contributed by atoms with Crippen LogP contribution in [0.1, 0.15) is 16.7 Å². The number of nitrogens with one attached hydrogen (secondary N) is 1. The average molecular weight is 355 g/mol. The van der Waals surface area contributed by atoms with E-state index >= 15 is 0 Å². The van der Waals surface area contributed by atoms with Crippen molar-refractivity contribution < 1.29 is 14.3 Å². The van der Waals surface area contributed by atoms with Gasteiger partial charge in [-0.1, -0.05) is 12.1 Å². The number of nitrogens with zero attached hydrogens (tertiary/aromatic N) is 2. The molecule has 6 heteroatoms. The molecule has 3 rings (SSSR count). The molecule has 0 aliphatic carbocycles. The van der Waals surface area contributed by atoms with E-state index < -0.39 is 0 Å². The molecule has 0 saturated carbocycles. The van der Waals surface area contributed by atoms with Crippen LogP contribution in [0, 0.1) is 13.8 Å². The van der Waals surface area contributed by atoms with Gasteiger partial charge in [0.05, 0.1) is 13.2 Å². The van der Waals surface area contributed by atoms with Gasteiger partial charge in [-0.15, -0.1) is 0 Å². The third kappa shape index (κ3) is 4.73. The van der Waals surface area contributed by atoms with E-state index in [2.05, 4.69) is 15.2 Å². The zero-order chi connectivity index (χ0) is 18.4. The maximum Gasteiger partial charge on any atom is 0.258 e. The first-order valence-electron chi connectivity index (χ1n) is 8.87. The number of pyridine rings is 1. The Morgan fingerprint density at radius 2 is 2.04 bits per heavy atom. The molecule has 1 aliphatic rings. The molecule has 1 amide bonds. The van der Waals surface area contributed by atoms with E-state index in [1.54, 1.807) is 6.20 Å². The van der Waals surface area contributed by atoms with Crippen molar-refractivity contribution in [3.05, 3.63) is 53.2 Å². The maximum atomic E-state index is 12.1. The maximum absolute atomic E-state index is 12.1. The summed E-state index contributed by atoms with van der Waals surface area (Å²) in [5, 5.41) is 2.91. The highest BCUT2D eigenvalue weighted by Crippen LogP contribution is 2.18. The van der Waals surface area contributed by atoms with Gasteiger partial charge in [-0.05, 0) is 43.2 Å². The van der Waals surface area contributed by atoms with Crippen LogP contribution in [0.2, 0.25) is 0 Å². The van der Waals surface area contributed by atoms with Gasteiger partial charge in [0.25, 0.3) is 5.91 Å². The Kier molecular flexibility index (Phi) is 6.07. The Morgan fingerprint density at radius 1 is 1.23 bits per heavy atom. The van der Waals surface area contributed by atoms with Gasteiger partial charge in [0, 0.05) is 31.4 Å². The predicted octanol–water partition coefficient (Wildman–Crippen LogP) is 2.23. The van der Waals surface area contributed by atoms with Crippen LogP contribution < -0.4 is 15.0 Å². The molecular weight excluding hydrogens is 330 g/mol. The lowest BCUT2D eigenvalue weighted by Crippen LogP contribution is -2.38. The second-order valence-electron chi connectivity index (χ2n) is 6.40. The first kappa shape index (κ1) is 18.2. The zero-order valence-corrected chi connectivity index (χ0v) is 15.3. The number of amides is 1. The summed E-state index contributed by atoms with van der Waals surface area (Å²) < 4.78 is 11.0. The lowest BCUT2D eigenvalue weighted by Gasteiger charge is -2.29. The molecule has 0 unspecified atom stereocenters. The topological polar surface area (TPSA) is 63.7 Å². The highest BCUT2D eigenvalue weighted by molar-refractivity contribution is 5.77. The monoisotopic (exact) mass is 355 g/mol. The van der Waals surface area contributed by atoms with E-state index in [-0.39, 0.29) is 12.5 Å². The van der Waals surface area contributed by atoms with Crippen molar-refractivity contribution >= 4 is 11.7 Å². The first-order valence-corrected chi connectivity index (χ1v) is 8.87. The highest BCUT2D eigenvalue weighted by atomic mass is 16.5. The Balaban J connectivity index is 1.53. The van der Waals surface area contributed by atoms with Crippen LogP contribution in [-0.4, -0.2) is 43.8 Å². The van der Waals surface area contributed by atoms with E-state index in [9.17, 15) is 4.79 Å². The van der Waals surface area contributed by atoms with Crippen LogP contribution in [0.25, 0.3) is 0 Å². The Hall–Kier alpha value is -2.60. The molecule has 2 aromatic rings. The summed E-state index contributed by atoms with van der Waals surface area (Å²) in [6.45, 7) is 7.52. The molecule has 1 fully saturated rings. The van der Waals surface area contributed by atoms with Crippen molar-refractivity contribution in [2.45, 2.75) is 20.4 Å². The third-order valence-electron chi connectivity index (χ3n) is 4.50. The van der Waals surface area contributed by atoms with E-state index in [0.717, 1.165) is 30.0 Å². The fourth-order valence-electron chi connectivity index (χ4n) is 2.83. The summed E-state index contributed by atoms with van der Waals surface area (Å²) in [4.78, 5) is 18.8. The van der Waals surface area contributed by atoms with E-state index in [4.69, 9.17) is 9.47 Å². The molecule has 1 aromatic heterocycles. The second-order valence-corrected chi connectivity index (χ2v) is 6.40. The van der Waals surface area contributed by atoms with Crippen LogP contribution in [0.4, 0.5) is 5.82 Å². The molecule has 0 atom stereocenters. The largest absolute Gasteiger partial charge is 0.484 e. The van der Waals surface area contributed by atoms with Gasteiger partial charge in [0.2, 0.25) is 0 Å². The van der Waals surface area contributed by atoms with Crippen LogP contribution in [0.3, 0.4) is 0 Å². The van der Waals surface area contributed by atoms with Crippen molar-refractivity contribution in [1.29, 1.82) is 0 Å². The Bertz CT molecular complexity index is 758. The van der Waals surface area contributed by atoms with Gasteiger partial charge in [-0.3, -0.25) is 4.79 Å². The molecule has 6 nitrogen and oxygen atoms in total. The number of rotatable bonds is 6. The lowest BCUT2D eigenvalue weighted by atomic mass is 10.1. The molecule has 0 radical (unpaired) electrons. The van der Waals surface area contributed by atoms with E-state index in [0.29, 0.717) is 25.5 Å². The number of hydrogen-bond acceptors (Lipinski definition) is 5. The zero-order valence-electron chi connectivity index (χ0n) is 15.3. The quantitative estimate of drug-likeness (QED) is 0.861. The SMILES string of the molecule is Cc1ccc(OCC(=O)NCc2cccnc2N2CCOCC2)cc1C. The van der Waals surface area contributed by atoms with Crippen molar-refractivity contribution in [1.82, 2.24) is 10.3 Å². The Labute approximate surface area is 154 Å². The number of carbonyl (C=O) groups excluding carboxylic acids is 1. The van der Waals surface area contributed by atoms with Gasteiger partial charge in [0.15, 0.2) is 6.61 Å². The summed E-state index contributed by atoms with van der Waals surface area (Å²) in [6, 6.07) is 9.69. The van der Waals surface area contributed by atoms with Crippen molar-refractivity contribution in [3.8, 4) is 5.75 Å². The fraction of sp³-hybridized carbons (Fsp3) is 0.400. The van der Waals surface area contributed by atoms with Crippen molar-refractivity contribution in [2.24, 2.45) is 0 Å². The lowest BCUT2D eigenvalue weighted by molar-refractivity contribution is -0.123. The molecule has 1 saturated heterocycles. The van der Waals surface area contributed by atoms with Gasteiger partial charge in [0.1, 0.15) is 11.6 Å². The minimum absolute atomic E-state index is 0.00431. The molecule has 138 valence electrons. The summed E-state index contributed by atoms with van der Waals surface area (Å²) in [6.07, 6.45) is 1.78. The number of hydrogen-bond donors (Lipinski definition) is 1. The Morgan fingerprint density at radius 3 is 2.81 bits per heavy atom. The second kappa shape index (κ2) is 8.67. The highest BCUT2D eigenvalue weighted by Gasteiger charge is 2.16. The third-order valence-corrected chi connectivity index (χ3v) is 4.50. The first-order chi connectivity index (χ1) is 12.6. The average Bonchev–Trinajstić information content (AvgIpc) is 2.68. The number of benzene rings is 1. The summed E-state index contributed by atoms with van der Waals surface area (Å²) in [7, 11) is 0. The van der Waals surface area contributed by atoms with Crippen LogP contribution in [0.15, 0.2) is 36.5 Å². The number of aromatic nitrogens is 1. The number of aryl methyl sites for hydroxylation is 2. The molecule has 2 heterocycles. The summed E-state index contributed by atoms with van der Waals surface area (Å²) in [5.41, 5.74) is 3.34. The molecule has 26 heavy (non-hydrogen) atoms. The number of ether oxygens (including phenoxy) is 2. The summed E-state index contributed by atoms with van der Waals surface area (Å²) >= 11 is 0. The minimum Gasteiger partial charge on any atom is -0.484 e. The van der Waals surface area contributed by atoms with E-state index in [1.165, 1.54) is 5.56 Å². The number of carbonyl (C=O) groups is 1. The standard InChI is InChI=1S/C20H25N3O3/c1-15-5-6-18(12-16(15)2)26-14-19(24)22-13-17-4-3-7-21-20(17)23-8-10-25-11-9-23/h3-7,12H,8-11,13-14H2,1-2H3,(H,22,24). The van der Waals surface area contributed by atoms with Gasteiger partial charge >= 0.3 is 0 Å². The number of anilines is 1. The predicted molar refractivity (Wildman–Crippen MR) is 101 cm³/mol. The molecule has 1 aliphatic heterocycles. The van der Waals surface area contributed by atoms with Gasteiger partial charge < -0.3 is 19.7 Å². The minimum atomic E-state index is -0.153. The van der Waals surface area contributed by atoms with Crippen LogP contribution in [0.5, 0.6) is 5.75 Å². The fourth-order valence-corrected chi connectivity index (χ4v) is 2.83. The van der Waals surface area contributed by atoms with Crippen molar-refractivity contribution in [3.63, 3.8) is 0 Å². The summed E-state index contributed by atoms with van der Waals surface area (Å²) in [5.74, 6) is 1.46.